The fourth-order valence-electron chi connectivity index (χ4n) is 1.42. The first-order chi connectivity index (χ1) is 8.08. The number of nitrogens with zero attached hydrogens (tertiary/aromatic N) is 1. The molecule has 1 amide bonds. The third kappa shape index (κ3) is 4.16. The molecule has 0 saturated heterocycles. The van der Waals surface area contributed by atoms with Crippen LogP contribution >= 0.6 is 23.2 Å². The Morgan fingerprint density at radius 2 is 1.53 bits per heavy atom. The van der Waals surface area contributed by atoms with E-state index in [1.807, 2.05) is 0 Å². The first-order valence-electron chi connectivity index (χ1n) is 5.05. The monoisotopic (exact) mass is 277 g/mol. The maximum absolute atomic E-state index is 12.0. The van der Waals surface area contributed by atoms with Crippen LogP contribution in [-0.2, 0) is 0 Å². The lowest BCUT2D eigenvalue weighted by Gasteiger charge is -2.20. The van der Waals surface area contributed by atoms with Gasteiger partial charge in [-0.25, -0.2) is 0 Å². The highest BCUT2D eigenvalue weighted by Crippen LogP contribution is 2.20. The van der Waals surface area contributed by atoms with Crippen LogP contribution < -0.4 is 0 Å². The summed E-state index contributed by atoms with van der Waals surface area (Å²) >= 11 is 11.6. The van der Waals surface area contributed by atoms with Crippen molar-refractivity contribution in [1.29, 1.82) is 0 Å². The maximum atomic E-state index is 12.0. The van der Waals surface area contributed by atoms with Crippen molar-refractivity contribution in [3.05, 3.63) is 33.8 Å². The predicted molar refractivity (Wildman–Crippen MR) is 66.5 cm³/mol. The molecule has 0 aliphatic rings. The van der Waals surface area contributed by atoms with Crippen molar-refractivity contribution in [2.24, 2.45) is 0 Å². The van der Waals surface area contributed by atoms with Crippen molar-refractivity contribution in [1.82, 2.24) is 4.90 Å². The van der Waals surface area contributed by atoms with E-state index in [4.69, 9.17) is 33.4 Å². The number of carbonyl (C=O) groups is 1. The van der Waals surface area contributed by atoms with Crippen LogP contribution in [0, 0.1) is 0 Å². The van der Waals surface area contributed by atoms with Crippen LogP contribution in [0.5, 0.6) is 0 Å². The largest absolute Gasteiger partial charge is 0.395 e. The van der Waals surface area contributed by atoms with E-state index in [2.05, 4.69) is 0 Å². The molecular weight excluding hydrogens is 265 g/mol. The molecule has 0 aliphatic heterocycles. The van der Waals surface area contributed by atoms with E-state index >= 15 is 0 Å². The number of hydrogen-bond donors (Lipinski definition) is 2. The Morgan fingerprint density at radius 3 is 1.94 bits per heavy atom. The van der Waals surface area contributed by atoms with Gasteiger partial charge in [-0.2, -0.15) is 0 Å². The fourth-order valence-corrected chi connectivity index (χ4v) is 1.94. The summed E-state index contributed by atoms with van der Waals surface area (Å²) in [6.07, 6.45) is 0. The minimum atomic E-state index is -0.322. The van der Waals surface area contributed by atoms with Crippen LogP contribution in [0.25, 0.3) is 0 Å². The molecule has 0 fully saturated rings. The zero-order chi connectivity index (χ0) is 12.8. The molecule has 0 atom stereocenters. The molecule has 2 N–H and O–H groups in total. The SMILES string of the molecule is O=C(c1cc(Cl)cc(Cl)c1)N(CCO)CCO. The van der Waals surface area contributed by atoms with Crippen LogP contribution in [0.3, 0.4) is 0 Å². The first kappa shape index (κ1) is 14.3. The molecule has 0 unspecified atom stereocenters. The first-order valence-corrected chi connectivity index (χ1v) is 5.81. The summed E-state index contributed by atoms with van der Waals surface area (Å²) in [5.41, 5.74) is 0.337. The average Bonchev–Trinajstić information content (AvgIpc) is 2.26. The number of hydrogen-bond acceptors (Lipinski definition) is 3. The van der Waals surface area contributed by atoms with Gasteiger partial charge in [-0.05, 0) is 18.2 Å². The molecule has 17 heavy (non-hydrogen) atoms. The van der Waals surface area contributed by atoms with Gasteiger partial charge in [0.15, 0.2) is 0 Å². The summed E-state index contributed by atoms with van der Waals surface area (Å²) in [5, 5.41) is 18.4. The molecule has 0 spiro atoms. The van der Waals surface area contributed by atoms with Crippen molar-refractivity contribution < 1.29 is 15.0 Å². The van der Waals surface area contributed by atoms with Crippen molar-refractivity contribution in [2.75, 3.05) is 26.3 Å². The molecule has 94 valence electrons. The van der Waals surface area contributed by atoms with E-state index in [9.17, 15) is 4.79 Å². The number of rotatable bonds is 5. The highest BCUT2D eigenvalue weighted by molar-refractivity contribution is 6.35. The van der Waals surface area contributed by atoms with E-state index in [1.54, 1.807) is 0 Å². The van der Waals surface area contributed by atoms with E-state index in [-0.39, 0.29) is 32.2 Å². The Morgan fingerprint density at radius 1 is 1.06 bits per heavy atom. The van der Waals surface area contributed by atoms with Gasteiger partial charge < -0.3 is 15.1 Å². The Kier molecular flexibility index (Phi) is 5.71. The van der Waals surface area contributed by atoms with E-state index in [0.29, 0.717) is 15.6 Å². The zero-order valence-electron chi connectivity index (χ0n) is 9.07. The van der Waals surface area contributed by atoms with Crippen LogP contribution in [0.15, 0.2) is 18.2 Å². The molecule has 0 aliphatic carbocycles. The van der Waals surface area contributed by atoms with Crippen molar-refractivity contribution in [2.45, 2.75) is 0 Å². The normalized spacial score (nSPS) is 10.4. The molecule has 0 radical (unpaired) electrons. The Bertz CT molecular complexity index is 372. The summed E-state index contributed by atoms with van der Waals surface area (Å²) in [6, 6.07) is 4.53. The predicted octanol–water partition coefficient (Wildman–Crippen LogP) is 1.42. The van der Waals surface area contributed by atoms with Gasteiger partial charge in [0, 0.05) is 28.7 Å². The number of aliphatic hydroxyl groups is 2. The van der Waals surface area contributed by atoms with E-state index in [0.717, 1.165) is 0 Å². The van der Waals surface area contributed by atoms with Crippen LogP contribution in [0.1, 0.15) is 10.4 Å². The third-order valence-electron chi connectivity index (χ3n) is 2.14. The summed E-state index contributed by atoms with van der Waals surface area (Å²) in [5.74, 6) is -0.322. The van der Waals surface area contributed by atoms with Crippen LogP contribution in [-0.4, -0.2) is 47.3 Å². The van der Waals surface area contributed by atoms with Gasteiger partial charge in [0.1, 0.15) is 0 Å². The second kappa shape index (κ2) is 6.81. The maximum Gasteiger partial charge on any atom is 0.254 e. The fraction of sp³-hybridized carbons (Fsp3) is 0.364. The summed E-state index contributed by atoms with van der Waals surface area (Å²) in [7, 11) is 0. The van der Waals surface area contributed by atoms with Gasteiger partial charge in [0.05, 0.1) is 13.2 Å². The second-order valence-corrected chi connectivity index (χ2v) is 4.27. The van der Waals surface area contributed by atoms with Gasteiger partial charge in [0.2, 0.25) is 0 Å². The molecule has 1 rings (SSSR count). The molecule has 0 aromatic heterocycles. The van der Waals surface area contributed by atoms with Gasteiger partial charge in [-0.15, -0.1) is 0 Å². The van der Waals surface area contributed by atoms with Gasteiger partial charge in [0.25, 0.3) is 5.91 Å². The van der Waals surface area contributed by atoms with Crippen molar-refractivity contribution in [3.8, 4) is 0 Å². The van der Waals surface area contributed by atoms with Gasteiger partial charge in [-0.3, -0.25) is 4.79 Å². The second-order valence-electron chi connectivity index (χ2n) is 3.40. The highest BCUT2D eigenvalue weighted by atomic mass is 35.5. The smallest absolute Gasteiger partial charge is 0.254 e. The Labute approximate surface area is 109 Å². The average molecular weight is 278 g/mol. The minimum Gasteiger partial charge on any atom is -0.395 e. The molecule has 4 nitrogen and oxygen atoms in total. The molecule has 6 heteroatoms. The standard InChI is InChI=1S/C11H13Cl2NO3/c12-9-5-8(6-10(13)7-9)11(17)14(1-3-15)2-4-16/h5-7,15-16H,1-4H2. The molecule has 0 bridgehead atoms. The summed E-state index contributed by atoms with van der Waals surface area (Å²) in [4.78, 5) is 13.4. The number of benzene rings is 1. The number of aliphatic hydroxyl groups excluding tert-OH is 2. The number of amides is 1. The lowest BCUT2D eigenvalue weighted by Crippen LogP contribution is -2.35. The van der Waals surface area contributed by atoms with Crippen molar-refractivity contribution >= 4 is 29.1 Å². The zero-order valence-corrected chi connectivity index (χ0v) is 10.6. The Hall–Kier alpha value is -0.810. The topological polar surface area (TPSA) is 60.8 Å². The number of halogens is 2. The van der Waals surface area contributed by atoms with Crippen LogP contribution in [0.2, 0.25) is 10.0 Å². The van der Waals surface area contributed by atoms with Crippen molar-refractivity contribution in [3.63, 3.8) is 0 Å². The molecule has 1 aromatic carbocycles. The summed E-state index contributed by atoms with van der Waals surface area (Å²) < 4.78 is 0. The molecule has 0 saturated carbocycles. The lowest BCUT2D eigenvalue weighted by molar-refractivity contribution is 0.0685. The Balaban J connectivity index is 2.92. The summed E-state index contributed by atoms with van der Waals surface area (Å²) in [6.45, 7) is -0.0207. The third-order valence-corrected chi connectivity index (χ3v) is 2.57. The van der Waals surface area contributed by atoms with Crippen LogP contribution in [0.4, 0.5) is 0 Å². The van der Waals surface area contributed by atoms with Gasteiger partial charge in [-0.1, -0.05) is 23.2 Å². The molecule has 0 heterocycles. The highest BCUT2D eigenvalue weighted by Gasteiger charge is 2.15. The van der Waals surface area contributed by atoms with E-state index < -0.39 is 0 Å². The number of carbonyl (C=O) groups excluding carboxylic acids is 1. The quantitative estimate of drug-likeness (QED) is 0.856. The molecular formula is C11H13Cl2NO3. The minimum absolute atomic E-state index is 0.156. The molecule has 1 aromatic rings. The lowest BCUT2D eigenvalue weighted by atomic mass is 10.2. The van der Waals surface area contributed by atoms with E-state index in [1.165, 1.54) is 23.1 Å². The van der Waals surface area contributed by atoms with Gasteiger partial charge >= 0.3 is 0 Å².